The first-order valence-corrected chi connectivity index (χ1v) is 9.44. The summed E-state index contributed by atoms with van der Waals surface area (Å²) >= 11 is 0. The molecule has 0 radical (unpaired) electrons. The lowest BCUT2D eigenvalue weighted by atomic mass is 9.91. The second kappa shape index (κ2) is 8.75. The van der Waals surface area contributed by atoms with Crippen LogP contribution in [-0.4, -0.2) is 18.6 Å². The first-order chi connectivity index (χ1) is 12.7. The van der Waals surface area contributed by atoms with Gasteiger partial charge in [0, 0.05) is 6.54 Å². The van der Waals surface area contributed by atoms with Gasteiger partial charge in [-0.2, -0.15) is 0 Å². The lowest BCUT2D eigenvalue weighted by molar-refractivity contribution is -0.127. The molecular formula is C22H27NO3. The largest absolute Gasteiger partial charge is 0.494 e. The fourth-order valence-electron chi connectivity index (χ4n) is 3.35. The average molecular weight is 353 g/mol. The molecule has 0 fully saturated rings. The molecule has 1 amide bonds. The van der Waals surface area contributed by atoms with Gasteiger partial charge >= 0.3 is 0 Å². The topological polar surface area (TPSA) is 47.6 Å². The van der Waals surface area contributed by atoms with Crippen LogP contribution in [-0.2, 0) is 24.2 Å². The number of carbonyl (C=O) groups excluding carboxylic acids is 1. The fraction of sp³-hybridized carbons (Fsp3) is 0.409. The summed E-state index contributed by atoms with van der Waals surface area (Å²) in [6.07, 6.45) is 4.02. The maximum Gasteiger partial charge on any atom is 0.261 e. The Balaban J connectivity index is 1.58. The van der Waals surface area contributed by atoms with E-state index in [0.717, 1.165) is 29.9 Å². The molecule has 0 aliphatic heterocycles. The molecule has 1 aliphatic rings. The second-order valence-corrected chi connectivity index (χ2v) is 6.66. The van der Waals surface area contributed by atoms with E-state index in [4.69, 9.17) is 9.47 Å². The van der Waals surface area contributed by atoms with Crippen molar-refractivity contribution in [2.75, 3.05) is 6.61 Å². The lowest BCUT2D eigenvalue weighted by Crippen LogP contribution is -2.36. The Morgan fingerprint density at radius 3 is 2.81 bits per heavy atom. The van der Waals surface area contributed by atoms with Crippen molar-refractivity contribution in [1.82, 2.24) is 5.32 Å². The first kappa shape index (κ1) is 18.3. The van der Waals surface area contributed by atoms with Crippen molar-refractivity contribution in [2.24, 2.45) is 0 Å². The minimum Gasteiger partial charge on any atom is -0.494 e. The van der Waals surface area contributed by atoms with Crippen LogP contribution >= 0.6 is 0 Å². The van der Waals surface area contributed by atoms with Crippen LogP contribution in [0.15, 0.2) is 42.5 Å². The van der Waals surface area contributed by atoms with Crippen molar-refractivity contribution in [1.29, 1.82) is 0 Å². The predicted octanol–water partition coefficient (Wildman–Crippen LogP) is 4.05. The number of hydrogen-bond donors (Lipinski definition) is 1. The molecule has 4 heteroatoms. The number of ether oxygens (including phenoxy) is 2. The number of fused-ring (bicyclic) bond motifs is 1. The Bertz CT molecular complexity index is 757. The van der Waals surface area contributed by atoms with Gasteiger partial charge in [-0.1, -0.05) is 24.3 Å². The van der Waals surface area contributed by atoms with Crippen molar-refractivity contribution in [3.8, 4) is 11.5 Å². The highest BCUT2D eigenvalue weighted by molar-refractivity contribution is 5.80. The summed E-state index contributed by atoms with van der Waals surface area (Å²) in [4.78, 5) is 12.4. The summed E-state index contributed by atoms with van der Waals surface area (Å²) in [5.74, 6) is 1.56. The third kappa shape index (κ3) is 4.57. The number of hydrogen-bond acceptors (Lipinski definition) is 3. The van der Waals surface area contributed by atoms with Gasteiger partial charge in [0.05, 0.1) is 6.61 Å². The Morgan fingerprint density at radius 2 is 1.96 bits per heavy atom. The van der Waals surface area contributed by atoms with Crippen molar-refractivity contribution >= 4 is 5.91 Å². The normalized spacial score (nSPS) is 14.2. The minimum absolute atomic E-state index is 0.111. The van der Waals surface area contributed by atoms with Crippen LogP contribution in [0.4, 0.5) is 0 Å². The van der Waals surface area contributed by atoms with E-state index in [2.05, 4.69) is 11.4 Å². The molecule has 3 rings (SSSR count). The van der Waals surface area contributed by atoms with E-state index >= 15 is 0 Å². The molecule has 4 nitrogen and oxygen atoms in total. The third-order valence-corrected chi connectivity index (χ3v) is 4.70. The molecule has 2 aromatic rings. The fourth-order valence-corrected chi connectivity index (χ4v) is 3.35. The molecular weight excluding hydrogens is 326 g/mol. The monoisotopic (exact) mass is 353 g/mol. The number of aryl methyl sites for hydroxylation is 1. The second-order valence-electron chi connectivity index (χ2n) is 6.66. The molecule has 0 aromatic heterocycles. The molecule has 1 aliphatic carbocycles. The van der Waals surface area contributed by atoms with Gasteiger partial charge in [-0.05, 0) is 74.4 Å². The van der Waals surface area contributed by atoms with Gasteiger partial charge in [-0.15, -0.1) is 0 Å². The molecule has 0 saturated carbocycles. The molecule has 1 atom stereocenters. The predicted molar refractivity (Wildman–Crippen MR) is 103 cm³/mol. The summed E-state index contributed by atoms with van der Waals surface area (Å²) < 4.78 is 11.5. The van der Waals surface area contributed by atoms with E-state index in [9.17, 15) is 4.79 Å². The number of nitrogens with one attached hydrogen (secondary N) is 1. The SMILES string of the molecule is CCOc1cccc(CNC(=O)[C@@H](C)Oc2cccc3c2CCCC3)c1. The zero-order valence-corrected chi connectivity index (χ0v) is 15.6. The van der Waals surface area contributed by atoms with E-state index in [0.29, 0.717) is 13.2 Å². The van der Waals surface area contributed by atoms with Gasteiger partial charge < -0.3 is 14.8 Å². The van der Waals surface area contributed by atoms with E-state index in [1.807, 2.05) is 43.3 Å². The quantitative estimate of drug-likeness (QED) is 0.817. The molecule has 0 spiro atoms. The zero-order valence-electron chi connectivity index (χ0n) is 15.6. The van der Waals surface area contributed by atoms with Crippen molar-refractivity contribution in [3.05, 3.63) is 59.2 Å². The third-order valence-electron chi connectivity index (χ3n) is 4.70. The summed E-state index contributed by atoms with van der Waals surface area (Å²) in [7, 11) is 0. The Hall–Kier alpha value is -2.49. The highest BCUT2D eigenvalue weighted by atomic mass is 16.5. The van der Waals surface area contributed by atoms with Crippen molar-refractivity contribution in [3.63, 3.8) is 0 Å². The van der Waals surface area contributed by atoms with E-state index in [-0.39, 0.29) is 5.91 Å². The van der Waals surface area contributed by atoms with Gasteiger partial charge in [0.2, 0.25) is 0 Å². The molecule has 0 saturated heterocycles. The average Bonchev–Trinajstić information content (AvgIpc) is 2.67. The van der Waals surface area contributed by atoms with Crippen molar-refractivity contribution in [2.45, 2.75) is 52.2 Å². The van der Waals surface area contributed by atoms with Crippen LogP contribution in [0.3, 0.4) is 0 Å². The van der Waals surface area contributed by atoms with Gasteiger partial charge in [0.25, 0.3) is 5.91 Å². The van der Waals surface area contributed by atoms with Gasteiger partial charge in [0.1, 0.15) is 11.5 Å². The Labute approximate surface area is 155 Å². The van der Waals surface area contributed by atoms with Gasteiger partial charge in [-0.25, -0.2) is 0 Å². The molecule has 0 unspecified atom stereocenters. The maximum atomic E-state index is 12.4. The standard InChI is InChI=1S/C22H27NO3/c1-3-25-19-11-6-8-17(14-19)15-23-22(24)16(2)26-21-13-7-10-18-9-4-5-12-20(18)21/h6-8,10-11,13-14,16H,3-5,9,12,15H2,1-2H3,(H,23,24)/t16-/m1/s1. The van der Waals surface area contributed by atoms with Crippen LogP contribution in [0.5, 0.6) is 11.5 Å². The smallest absolute Gasteiger partial charge is 0.261 e. The van der Waals surface area contributed by atoms with Crippen LogP contribution in [0.25, 0.3) is 0 Å². The number of amides is 1. The Kier molecular flexibility index (Phi) is 6.16. The van der Waals surface area contributed by atoms with Gasteiger partial charge in [0.15, 0.2) is 6.10 Å². The Morgan fingerprint density at radius 1 is 1.15 bits per heavy atom. The molecule has 1 N–H and O–H groups in total. The minimum atomic E-state index is -0.529. The molecule has 138 valence electrons. The summed E-state index contributed by atoms with van der Waals surface area (Å²) in [5, 5.41) is 2.95. The van der Waals surface area contributed by atoms with Crippen LogP contribution in [0, 0.1) is 0 Å². The van der Waals surface area contributed by atoms with E-state index < -0.39 is 6.10 Å². The maximum absolute atomic E-state index is 12.4. The number of benzene rings is 2. The lowest BCUT2D eigenvalue weighted by Gasteiger charge is -2.22. The van der Waals surface area contributed by atoms with Crippen LogP contribution in [0.1, 0.15) is 43.4 Å². The molecule has 0 bridgehead atoms. The first-order valence-electron chi connectivity index (χ1n) is 9.44. The highest BCUT2D eigenvalue weighted by Gasteiger charge is 2.19. The van der Waals surface area contributed by atoms with Gasteiger partial charge in [-0.3, -0.25) is 4.79 Å². The summed E-state index contributed by atoms with van der Waals surface area (Å²) in [5.41, 5.74) is 3.63. The summed E-state index contributed by atoms with van der Waals surface area (Å²) in [6, 6.07) is 13.9. The molecule has 0 heterocycles. The number of carbonyl (C=O) groups is 1. The zero-order chi connectivity index (χ0) is 18.4. The highest BCUT2D eigenvalue weighted by Crippen LogP contribution is 2.30. The van der Waals surface area contributed by atoms with E-state index in [1.165, 1.54) is 24.0 Å². The summed E-state index contributed by atoms with van der Waals surface area (Å²) in [6.45, 7) is 4.84. The van der Waals surface area contributed by atoms with Crippen molar-refractivity contribution < 1.29 is 14.3 Å². The molecule has 26 heavy (non-hydrogen) atoms. The molecule has 2 aromatic carbocycles. The van der Waals surface area contributed by atoms with E-state index in [1.54, 1.807) is 6.92 Å². The van der Waals surface area contributed by atoms with Crippen LogP contribution < -0.4 is 14.8 Å². The number of rotatable bonds is 7. The van der Waals surface area contributed by atoms with Crippen LogP contribution in [0.2, 0.25) is 0 Å².